The molecule has 5 rings (SSSR count). The number of amides is 2. The number of carbonyl (C=O) groups excluding carboxylic acids is 2. The van der Waals surface area contributed by atoms with Crippen molar-refractivity contribution in [2.24, 2.45) is 0 Å². The van der Waals surface area contributed by atoms with Gasteiger partial charge in [-0.3, -0.25) is 9.52 Å². The number of piperazine rings is 1. The zero-order valence-corrected chi connectivity index (χ0v) is 25.5. The zero-order chi connectivity index (χ0) is 31.3. The molecule has 1 aliphatic rings. The molecule has 1 aliphatic heterocycles. The maximum atomic E-state index is 13.1. The molecule has 0 atom stereocenters. The Hall–Kier alpha value is -4.97. The van der Waals surface area contributed by atoms with Gasteiger partial charge in [0.15, 0.2) is 0 Å². The van der Waals surface area contributed by atoms with Gasteiger partial charge in [-0.05, 0) is 75.4 Å². The number of anilines is 3. The SMILES string of the molecule is CC(C)(C)OC(=O)N1CCN(C(=O)c2ccc(Nc3nccc(-c4ccc(NS(=O)(=O)c5ccccc5)cc4)n3)cc2)CC1. The van der Waals surface area contributed by atoms with Crippen molar-refractivity contribution in [1.82, 2.24) is 19.8 Å². The highest BCUT2D eigenvalue weighted by molar-refractivity contribution is 7.92. The number of carbonyl (C=O) groups is 2. The number of sulfonamides is 1. The first kappa shape index (κ1) is 30.5. The van der Waals surface area contributed by atoms with Crippen LogP contribution >= 0.6 is 0 Å². The Kier molecular flexibility index (Phi) is 8.81. The lowest BCUT2D eigenvalue weighted by Gasteiger charge is -2.35. The number of aromatic nitrogens is 2. The minimum atomic E-state index is -3.69. The van der Waals surface area contributed by atoms with Gasteiger partial charge in [0.05, 0.1) is 10.6 Å². The first-order valence-electron chi connectivity index (χ1n) is 14.1. The van der Waals surface area contributed by atoms with Crippen LogP contribution in [0, 0.1) is 0 Å². The molecule has 2 amide bonds. The van der Waals surface area contributed by atoms with Gasteiger partial charge in [0.2, 0.25) is 5.95 Å². The van der Waals surface area contributed by atoms with Crippen molar-refractivity contribution in [3.05, 3.63) is 96.7 Å². The van der Waals surface area contributed by atoms with Crippen LogP contribution in [0.2, 0.25) is 0 Å². The van der Waals surface area contributed by atoms with Gasteiger partial charge in [-0.2, -0.15) is 0 Å². The number of hydrogen-bond donors (Lipinski definition) is 2. The number of ether oxygens (including phenoxy) is 1. The van der Waals surface area contributed by atoms with E-state index in [-0.39, 0.29) is 16.9 Å². The third-order valence-electron chi connectivity index (χ3n) is 6.75. The van der Waals surface area contributed by atoms with Crippen molar-refractivity contribution < 1.29 is 22.7 Å². The molecule has 2 N–H and O–H groups in total. The fraction of sp³-hybridized carbons (Fsp3) is 0.250. The molecule has 228 valence electrons. The highest BCUT2D eigenvalue weighted by Gasteiger charge is 2.28. The fourth-order valence-electron chi connectivity index (χ4n) is 4.53. The lowest BCUT2D eigenvalue weighted by Crippen LogP contribution is -2.51. The van der Waals surface area contributed by atoms with Crippen LogP contribution in [0.1, 0.15) is 31.1 Å². The second-order valence-electron chi connectivity index (χ2n) is 11.2. The van der Waals surface area contributed by atoms with E-state index in [1.165, 1.54) is 12.1 Å². The maximum absolute atomic E-state index is 13.1. The van der Waals surface area contributed by atoms with Gasteiger partial charge >= 0.3 is 6.09 Å². The molecule has 0 bridgehead atoms. The summed E-state index contributed by atoms with van der Waals surface area (Å²) in [5, 5.41) is 3.16. The van der Waals surface area contributed by atoms with Crippen LogP contribution in [0.15, 0.2) is 96.0 Å². The first-order chi connectivity index (χ1) is 21.0. The third kappa shape index (κ3) is 7.70. The summed E-state index contributed by atoms with van der Waals surface area (Å²) >= 11 is 0. The summed E-state index contributed by atoms with van der Waals surface area (Å²) in [5.74, 6) is 0.266. The molecular weight excluding hydrogens is 580 g/mol. The van der Waals surface area contributed by atoms with E-state index in [4.69, 9.17) is 4.74 Å². The van der Waals surface area contributed by atoms with Gasteiger partial charge in [-0.1, -0.05) is 30.3 Å². The zero-order valence-electron chi connectivity index (χ0n) is 24.7. The van der Waals surface area contributed by atoms with Gasteiger partial charge in [0.25, 0.3) is 15.9 Å². The standard InChI is InChI=1S/C32H34N6O5S/c1-32(2,3)43-31(40)38-21-19-37(20-22-38)29(39)24-11-13-25(14-12-24)34-30-33-18-17-28(35-30)23-9-15-26(16-10-23)36-44(41,42)27-7-5-4-6-8-27/h4-18,36H,19-22H2,1-3H3,(H,33,34,35). The van der Waals surface area contributed by atoms with Gasteiger partial charge in [0, 0.05) is 54.9 Å². The van der Waals surface area contributed by atoms with Crippen LogP contribution in [0.3, 0.4) is 0 Å². The number of nitrogens with zero attached hydrogens (tertiary/aromatic N) is 4. The summed E-state index contributed by atoms with van der Waals surface area (Å²) in [6.07, 6.45) is 1.26. The molecule has 0 unspecified atom stereocenters. The average molecular weight is 615 g/mol. The first-order valence-corrected chi connectivity index (χ1v) is 15.6. The fourth-order valence-corrected chi connectivity index (χ4v) is 5.61. The Balaban J connectivity index is 1.17. The van der Waals surface area contributed by atoms with Crippen molar-refractivity contribution in [1.29, 1.82) is 0 Å². The Labute approximate surface area is 257 Å². The lowest BCUT2D eigenvalue weighted by atomic mass is 10.1. The second-order valence-corrected chi connectivity index (χ2v) is 12.9. The van der Waals surface area contributed by atoms with Crippen LogP contribution in [0.25, 0.3) is 11.3 Å². The molecule has 1 aromatic heterocycles. The van der Waals surface area contributed by atoms with Crippen molar-refractivity contribution in [3.63, 3.8) is 0 Å². The molecule has 0 aliphatic carbocycles. The van der Waals surface area contributed by atoms with E-state index in [0.29, 0.717) is 54.8 Å². The summed E-state index contributed by atoms with van der Waals surface area (Å²) in [4.78, 5) is 37.8. The van der Waals surface area contributed by atoms with E-state index in [0.717, 1.165) is 5.56 Å². The number of benzene rings is 3. The highest BCUT2D eigenvalue weighted by Crippen LogP contribution is 2.24. The molecule has 11 nitrogen and oxygen atoms in total. The van der Waals surface area contributed by atoms with Crippen molar-refractivity contribution in [2.75, 3.05) is 36.2 Å². The predicted octanol–water partition coefficient (Wildman–Crippen LogP) is 5.38. The van der Waals surface area contributed by atoms with Crippen LogP contribution in [0.5, 0.6) is 0 Å². The minimum absolute atomic E-state index is 0.104. The molecule has 3 aromatic carbocycles. The Morgan fingerprint density at radius 2 is 1.41 bits per heavy atom. The molecule has 12 heteroatoms. The predicted molar refractivity (Wildman–Crippen MR) is 168 cm³/mol. The summed E-state index contributed by atoms with van der Waals surface area (Å²) in [5.41, 5.74) is 2.55. The van der Waals surface area contributed by atoms with Gasteiger partial charge in [0.1, 0.15) is 5.60 Å². The van der Waals surface area contributed by atoms with Crippen molar-refractivity contribution in [3.8, 4) is 11.3 Å². The van der Waals surface area contributed by atoms with E-state index in [1.54, 1.807) is 88.8 Å². The van der Waals surface area contributed by atoms with Gasteiger partial charge < -0.3 is 19.9 Å². The molecule has 1 fully saturated rings. The van der Waals surface area contributed by atoms with Gasteiger partial charge in [-0.25, -0.2) is 23.2 Å². The van der Waals surface area contributed by atoms with Crippen LogP contribution in [-0.2, 0) is 14.8 Å². The molecule has 0 spiro atoms. The molecule has 0 radical (unpaired) electrons. The molecule has 4 aromatic rings. The Morgan fingerprint density at radius 3 is 2.05 bits per heavy atom. The van der Waals surface area contributed by atoms with Gasteiger partial charge in [-0.15, -0.1) is 0 Å². The minimum Gasteiger partial charge on any atom is -0.444 e. The normalized spacial score (nSPS) is 13.7. The van der Waals surface area contributed by atoms with E-state index in [9.17, 15) is 18.0 Å². The van der Waals surface area contributed by atoms with Crippen molar-refractivity contribution >= 4 is 39.3 Å². The topological polar surface area (TPSA) is 134 Å². The molecular formula is C32H34N6O5S. The number of hydrogen-bond acceptors (Lipinski definition) is 8. The largest absolute Gasteiger partial charge is 0.444 e. The summed E-state index contributed by atoms with van der Waals surface area (Å²) in [6.45, 7) is 7.17. The highest BCUT2D eigenvalue weighted by atomic mass is 32.2. The number of rotatable bonds is 7. The van der Waals surface area contributed by atoms with Crippen LogP contribution in [0.4, 0.5) is 22.1 Å². The summed E-state index contributed by atoms with van der Waals surface area (Å²) in [7, 11) is -3.69. The second kappa shape index (κ2) is 12.7. The molecule has 44 heavy (non-hydrogen) atoms. The van der Waals surface area contributed by atoms with E-state index >= 15 is 0 Å². The van der Waals surface area contributed by atoms with E-state index in [2.05, 4.69) is 20.0 Å². The Morgan fingerprint density at radius 1 is 0.795 bits per heavy atom. The van der Waals surface area contributed by atoms with Crippen LogP contribution < -0.4 is 10.0 Å². The quantitative estimate of drug-likeness (QED) is 0.283. The molecule has 0 saturated carbocycles. The number of nitrogens with one attached hydrogen (secondary N) is 2. The smallest absolute Gasteiger partial charge is 0.410 e. The maximum Gasteiger partial charge on any atom is 0.410 e. The summed E-state index contributed by atoms with van der Waals surface area (Å²) < 4.78 is 33.2. The monoisotopic (exact) mass is 614 g/mol. The van der Waals surface area contributed by atoms with E-state index < -0.39 is 15.6 Å². The third-order valence-corrected chi connectivity index (χ3v) is 8.15. The molecule has 1 saturated heterocycles. The van der Waals surface area contributed by atoms with Crippen molar-refractivity contribution in [2.45, 2.75) is 31.3 Å². The van der Waals surface area contributed by atoms with Crippen LogP contribution in [-0.4, -0.2) is 72.0 Å². The lowest BCUT2D eigenvalue weighted by molar-refractivity contribution is 0.0141. The molecule has 2 heterocycles. The summed E-state index contributed by atoms with van der Waals surface area (Å²) in [6, 6.07) is 23.9. The average Bonchev–Trinajstić information content (AvgIpc) is 3.01. The Bertz CT molecular complexity index is 1720. The van der Waals surface area contributed by atoms with E-state index in [1.807, 2.05) is 20.8 Å².